The fourth-order valence-corrected chi connectivity index (χ4v) is 1.77. The lowest BCUT2D eigenvalue weighted by molar-refractivity contribution is 0.0686. The number of aromatic nitrogens is 1. The van der Waals surface area contributed by atoms with E-state index < -0.39 is 22.8 Å². The van der Waals surface area contributed by atoms with Crippen LogP contribution < -0.4 is 5.32 Å². The summed E-state index contributed by atoms with van der Waals surface area (Å²) >= 11 is 0. The minimum Gasteiger partial charge on any atom is -0.478 e. The van der Waals surface area contributed by atoms with Crippen LogP contribution in [0.1, 0.15) is 54.1 Å². The molecule has 0 saturated carbocycles. The average molecular weight is 319 g/mol. The summed E-state index contributed by atoms with van der Waals surface area (Å²) in [5.41, 5.74) is -1.64. The third kappa shape index (κ3) is 4.05. The minimum absolute atomic E-state index is 0.188. The van der Waals surface area contributed by atoms with E-state index in [4.69, 9.17) is 4.74 Å². The van der Waals surface area contributed by atoms with Crippen LogP contribution in [0.15, 0.2) is 12.3 Å². The van der Waals surface area contributed by atoms with E-state index in [1.54, 1.807) is 6.92 Å². The SMILES string of the molecule is COCc1cnc(C(=O)NC(C)(C#N)C(C)(C)C)c(C(=O)O)c1. The van der Waals surface area contributed by atoms with Gasteiger partial charge in [0.25, 0.3) is 5.91 Å². The fourth-order valence-electron chi connectivity index (χ4n) is 1.77. The second-order valence-electron chi connectivity index (χ2n) is 6.42. The topological polar surface area (TPSA) is 112 Å². The van der Waals surface area contributed by atoms with E-state index in [2.05, 4.69) is 16.4 Å². The number of aromatic carboxylic acids is 1. The standard InChI is InChI=1S/C16H21N3O4/c1-15(2,3)16(4,9-17)19-13(20)12-11(14(21)22)6-10(7-18-12)8-23-5/h6-7H,8H2,1-5H3,(H,19,20)(H,21,22). The van der Waals surface area contributed by atoms with Gasteiger partial charge in [-0.15, -0.1) is 0 Å². The van der Waals surface area contributed by atoms with Gasteiger partial charge in [0, 0.05) is 13.3 Å². The van der Waals surface area contributed by atoms with Crippen LogP contribution >= 0.6 is 0 Å². The highest BCUT2D eigenvalue weighted by molar-refractivity contribution is 6.03. The molecule has 0 bridgehead atoms. The molecule has 23 heavy (non-hydrogen) atoms. The smallest absolute Gasteiger partial charge is 0.338 e. The summed E-state index contributed by atoms with van der Waals surface area (Å²) in [6.45, 7) is 7.20. The number of carboxylic acids is 1. The molecule has 2 N–H and O–H groups in total. The first-order chi connectivity index (χ1) is 10.6. The van der Waals surface area contributed by atoms with Crippen molar-refractivity contribution in [2.45, 2.75) is 39.8 Å². The number of nitriles is 1. The second kappa shape index (κ2) is 6.75. The monoisotopic (exact) mass is 319 g/mol. The Morgan fingerprint density at radius 2 is 2.00 bits per heavy atom. The third-order valence-electron chi connectivity index (χ3n) is 3.79. The molecule has 1 aromatic rings. The van der Waals surface area contributed by atoms with Gasteiger partial charge in [0.1, 0.15) is 11.2 Å². The quantitative estimate of drug-likeness (QED) is 0.858. The van der Waals surface area contributed by atoms with Crippen molar-refractivity contribution in [3.8, 4) is 6.07 Å². The average Bonchev–Trinajstić information content (AvgIpc) is 2.45. The maximum Gasteiger partial charge on any atom is 0.338 e. The van der Waals surface area contributed by atoms with Crippen molar-refractivity contribution in [1.82, 2.24) is 10.3 Å². The van der Waals surface area contributed by atoms with Gasteiger partial charge in [-0.25, -0.2) is 9.78 Å². The number of rotatable bonds is 5. The van der Waals surface area contributed by atoms with Crippen LogP contribution in [-0.2, 0) is 11.3 Å². The zero-order valence-corrected chi connectivity index (χ0v) is 13.9. The number of hydrogen-bond acceptors (Lipinski definition) is 5. The molecule has 0 saturated heterocycles. The summed E-state index contributed by atoms with van der Waals surface area (Å²) in [6, 6.07) is 3.41. The van der Waals surface area contributed by atoms with Crippen molar-refractivity contribution < 1.29 is 19.4 Å². The number of carbonyl (C=O) groups excluding carboxylic acids is 1. The summed E-state index contributed by atoms with van der Waals surface area (Å²) in [4.78, 5) is 27.8. The Balaban J connectivity index is 3.23. The molecule has 0 aliphatic heterocycles. The van der Waals surface area contributed by atoms with Gasteiger partial charge >= 0.3 is 5.97 Å². The first-order valence-electron chi connectivity index (χ1n) is 7.00. The number of ether oxygens (including phenoxy) is 1. The Labute approximate surface area is 135 Å². The normalized spacial score (nSPS) is 13.7. The molecule has 1 rings (SSSR count). The molecule has 1 aromatic heterocycles. The fraction of sp³-hybridized carbons (Fsp3) is 0.500. The minimum atomic E-state index is -1.27. The van der Waals surface area contributed by atoms with Crippen LogP contribution in [-0.4, -0.2) is 34.6 Å². The van der Waals surface area contributed by atoms with E-state index in [-0.39, 0.29) is 17.9 Å². The number of amides is 1. The molecule has 0 radical (unpaired) electrons. The Hall–Kier alpha value is -2.46. The molecular weight excluding hydrogens is 298 g/mol. The predicted molar refractivity (Wildman–Crippen MR) is 82.8 cm³/mol. The molecule has 0 aliphatic rings. The maximum atomic E-state index is 12.4. The Kier molecular flexibility index (Phi) is 5.46. The van der Waals surface area contributed by atoms with Crippen molar-refractivity contribution in [2.75, 3.05) is 7.11 Å². The number of pyridine rings is 1. The molecule has 1 unspecified atom stereocenters. The molecule has 1 heterocycles. The van der Waals surface area contributed by atoms with Gasteiger partial charge in [0.15, 0.2) is 0 Å². The number of hydrogen-bond donors (Lipinski definition) is 2. The molecule has 0 aliphatic carbocycles. The van der Waals surface area contributed by atoms with Crippen LogP contribution in [0.25, 0.3) is 0 Å². The lowest BCUT2D eigenvalue weighted by atomic mass is 9.76. The third-order valence-corrected chi connectivity index (χ3v) is 3.79. The highest BCUT2D eigenvalue weighted by atomic mass is 16.5. The van der Waals surface area contributed by atoms with E-state index in [0.29, 0.717) is 5.56 Å². The van der Waals surface area contributed by atoms with Gasteiger partial charge < -0.3 is 15.2 Å². The van der Waals surface area contributed by atoms with Crippen molar-refractivity contribution in [2.24, 2.45) is 5.41 Å². The van der Waals surface area contributed by atoms with Gasteiger partial charge in [-0.1, -0.05) is 20.8 Å². The van der Waals surface area contributed by atoms with E-state index in [1.807, 2.05) is 20.8 Å². The van der Waals surface area contributed by atoms with Crippen molar-refractivity contribution in [3.05, 3.63) is 29.1 Å². The van der Waals surface area contributed by atoms with E-state index in [9.17, 15) is 20.0 Å². The summed E-state index contributed by atoms with van der Waals surface area (Å²) in [6.07, 6.45) is 1.38. The first kappa shape index (κ1) is 18.6. The Bertz CT molecular complexity index is 658. The maximum absolute atomic E-state index is 12.4. The number of carboxylic acid groups (broad SMARTS) is 1. The van der Waals surface area contributed by atoms with Gasteiger partial charge in [0.2, 0.25) is 0 Å². The van der Waals surface area contributed by atoms with Crippen LogP contribution in [0.3, 0.4) is 0 Å². The summed E-state index contributed by atoms with van der Waals surface area (Å²) < 4.78 is 4.93. The highest BCUT2D eigenvalue weighted by Gasteiger charge is 2.40. The molecule has 0 spiro atoms. The predicted octanol–water partition coefficient (Wildman–Crippen LogP) is 1.98. The molecular formula is C16H21N3O4. The summed E-state index contributed by atoms with van der Waals surface area (Å²) in [5, 5.41) is 21.3. The lowest BCUT2D eigenvalue weighted by Crippen LogP contribution is -2.54. The molecule has 7 heteroatoms. The molecule has 0 aromatic carbocycles. The van der Waals surface area contributed by atoms with Crippen molar-refractivity contribution in [1.29, 1.82) is 5.26 Å². The van der Waals surface area contributed by atoms with Crippen LogP contribution in [0.2, 0.25) is 0 Å². The van der Waals surface area contributed by atoms with E-state index in [1.165, 1.54) is 19.4 Å². The van der Waals surface area contributed by atoms with Crippen LogP contribution in [0, 0.1) is 16.7 Å². The molecule has 1 amide bonds. The Morgan fingerprint density at radius 1 is 1.39 bits per heavy atom. The highest BCUT2D eigenvalue weighted by Crippen LogP contribution is 2.29. The zero-order valence-electron chi connectivity index (χ0n) is 13.9. The largest absolute Gasteiger partial charge is 0.478 e. The molecule has 0 fully saturated rings. The van der Waals surface area contributed by atoms with Crippen molar-refractivity contribution >= 4 is 11.9 Å². The van der Waals surface area contributed by atoms with Crippen LogP contribution in [0.5, 0.6) is 0 Å². The summed E-state index contributed by atoms with van der Waals surface area (Å²) in [7, 11) is 1.47. The number of methoxy groups -OCH3 is 1. The van der Waals surface area contributed by atoms with Gasteiger partial charge in [-0.05, 0) is 24.0 Å². The second-order valence-corrected chi connectivity index (χ2v) is 6.42. The molecule has 124 valence electrons. The zero-order chi connectivity index (χ0) is 17.8. The number of nitrogens with zero attached hydrogens (tertiary/aromatic N) is 2. The van der Waals surface area contributed by atoms with Gasteiger partial charge in [0.05, 0.1) is 18.2 Å². The molecule has 1 atom stereocenters. The number of carbonyl (C=O) groups is 2. The van der Waals surface area contributed by atoms with Crippen LogP contribution in [0.4, 0.5) is 0 Å². The molecule has 7 nitrogen and oxygen atoms in total. The van der Waals surface area contributed by atoms with Gasteiger partial charge in [-0.2, -0.15) is 5.26 Å². The summed E-state index contributed by atoms with van der Waals surface area (Å²) in [5.74, 6) is -1.97. The van der Waals surface area contributed by atoms with E-state index in [0.717, 1.165) is 0 Å². The Morgan fingerprint density at radius 3 is 2.43 bits per heavy atom. The lowest BCUT2D eigenvalue weighted by Gasteiger charge is -2.36. The van der Waals surface area contributed by atoms with Crippen molar-refractivity contribution in [3.63, 3.8) is 0 Å². The first-order valence-corrected chi connectivity index (χ1v) is 7.00. The van der Waals surface area contributed by atoms with E-state index >= 15 is 0 Å². The number of nitrogens with one attached hydrogen (secondary N) is 1. The van der Waals surface area contributed by atoms with Gasteiger partial charge in [-0.3, -0.25) is 4.79 Å².